The normalized spacial score (nSPS) is 11.5. The molecule has 0 spiro atoms. The van der Waals surface area contributed by atoms with Crippen LogP contribution in [0.2, 0.25) is 0 Å². The molecule has 3 nitrogen and oxygen atoms in total. The number of nitrogens with zero attached hydrogens (tertiary/aromatic N) is 1. The summed E-state index contributed by atoms with van der Waals surface area (Å²) in [6.07, 6.45) is 1.52. The Balaban J connectivity index is 1.73. The molecule has 98 valence electrons. The van der Waals surface area contributed by atoms with Gasteiger partial charge in [-0.2, -0.15) is 0 Å². The molecule has 0 fully saturated rings. The second-order valence-electron chi connectivity index (χ2n) is 4.24. The minimum Gasteiger partial charge on any atom is -0.624 e. The lowest BCUT2D eigenvalue weighted by molar-refractivity contribution is -0.471. The molecule has 0 aliphatic carbocycles. The van der Waals surface area contributed by atoms with Crippen LogP contribution in [-0.2, 0) is 17.9 Å². The maximum atomic E-state index is 11.6. The molecule has 0 saturated carbocycles. The Hall–Kier alpha value is -2.13. The fourth-order valence-corrected chi connectivity index (χ4v) is 1.71. The summed E-state index contributed by atoms with van der Waals surface area (Å²) < 4.78 is 6.33. The van der Waals surface area contributed by atoms with Crippen molar-refractivity contribution in [1.82, 2.24) is 0 Å². The largest absolute Gasteiger partial charge is 0.624 e. The average Bonchev–Trinajstić information content (AvgIpc) is 2.46. The summed E-state index contributed by atoms with van der Waals surface area (Å²) >= 11 is 0. The van der Waals surface area contributed by atoms with Gasteiger partial charge in [-0.3, -0.25) is 0 Å². The molecule has 0 bridgehead atoms. The molecule has 0 amide bonds. The highest BCUT2D eigenvalue weighted by Crippen LogP contribution is 2.01. The predicted octanol–water partition coefficient (Wildman–Crippen LogP) is 2.98. The molecule has 0 aliphatic rings. The third kappa shape index (κ3) is 4.94. The quantitative estimate of drug-likeness (QED) is 0.261. The van der Waals surface area contributed by atoms with Gasteiger partial charge >= 0.3 is 0 Å². The Morgan fingerprint density at radius 2 is 1.47 bits per heavy atom. The van der Waals surface area contributed by atoms with E-state index in [4.69, 9.17) is 4.74 Å². The standard InChI is InChI=1S/C16H17NO2/c18-17(13-15-7-3-1-4-8-15)11-12-19-14-16-9-5-2-6-10-16/h1-11H,12-14H2. The summed E-state index contributed by atoms with van der Waals surface area (Å²) in [4.78, 5) is 0. The van der Waals surface area contributed by atoms with Gasteiger partial charge in [0.2, 0.25) is 0 Å². The zero-order valence-corrected chi connectivity index (χ0v) is 10.7. The first-order valence-corrected chi connectivity index (χ1v) is 6.27. The third-order valence-corrected chi connectivity index (χ3v) is 2.69. The van der Waals surface area contributed by atoms with Crippen LogP contribution in [0.4, 0.5) is 0 Å². The van der Waals surface area contributed by atoms with Gasteiger partial charge in [-0.1, -0.05) is 60.7 Å². The van der Waals surface area contributed by atoms with Crippen molar-refractivity contribution in [2.75, 3.05) is 6.61 Å². The summed E-state index contributed by atoms with van der Waals surface area (Å²) in [6.45, 7) is 1.21. The van der Waals surface area contributed by atoms with Gasteiger partial charge in [-0.05, 0) is 5.56 Å². The Labute approximate surface area is 113 Å². The minimum atomic E-state index is 0.325. The molecule has 0 aliphatic heterocycles. The SMILES string of the molecule is [O-][N+](=CCOCc1ccccc1)Cc1ccccc1. The van der Waals surface area contributed by atoms with E-state index in [9.17, 15) is 5.21 Å². The van der Waals surface area contributed by atoms with Crippen molar-refractivity contribution in [3.05, 3.63) is 77.0 Å². The van der Waals surface area contributed by atoms with Gasteiger partial charge in [0.25, 0.3) is 0 Å². The molecule has 0 unspecified atom stereocenters. The summed E-state index contributed by atoms with van der Waals surface area (Å²) in [5, 5.41) is 11.6. The highest BCUT2D eigenvalue weighted by Gasteiger charge is 1.97. The number of rotatable bonds is 6. The van der Waals surface area contributed by atoms with E-state index in [1.54, 1.807) is 0 Å². The molecule has 0 radical (unpaired) electrons. The first-order chi connectivity index (χ1) is 9.34. The van der Waals surface area contributed by atoms with E-state index in [1.165, 1.54) is 6.21 Å². The molecule has 0 aromatic heterocycles. The Morgan fingerprint density at radius 3 is 2.11 bits per heavy atom. The molecular weight excluding hydrogens is 238 g/mol. The lowest BCUT2D eigenvalue weighted by Crippen LogP contribution is -2.09. The maximum Gasteiger partial charge on any atom is 0.178 e. The van der Waals surface area contributed by atoms with Crippen molar-refractivity contribution >= 4 is 6.21 Å². The van der Waals surface area contributed by atoms with Crippen molar-refractivity contribution in [3.8, 4) is 0 Å². The van der Waals surface area contributed by atoms with Crippen molar-refractivity contribution < 1.29 is 9.48 Å². The van der Waals surface area contributed by atoms with Crippen molar-refractivity contribution in [2.45, 2.75) is 13.2 Å². The van der Waals surface area contributed by atoms with E-state index in [0.717, 1.165) is 15.9 Å². The van der Waals surface area contributed by atoms with Crippen LogP contribution < -0.4 is 0 Å². The predicted molar refractivity (Wildman–Crippen MR) is 75.9 cm³/mol. The molecule has 2 rings (SSSR count). The topological polar surface area (TPSA) is 35.3 Å². The van der Waals surface area contributed by atoms with E-state index >= 15 is 0 Å². The monoisotopic (exact) mass is 255 g/mol. The highest BCUT2D eigenvalue weighted by molar-refractivity contribution is 5.52. The number of hydrogen-bond acceptors (Lipinski definition) is 2. The number of hydrogen-bond donors (Lipinski definition) is 0. The van der Waals surface area contributed by atoms with Gasteiger partial charge in [-0.15, -0.1) is 0 Å². The van der Waals surface area contributed by atoms with E-state index in [1.807, 2.05) is 60.7 Å². The van der Waals surface area contributed by atoms with Crippen LogP contribution in [0.3, 0.4) is 0 Å². The van der Waals surface area contributed by atoms with Gasteiger partial charge in [-0.25, -0.2) is 4.74 Å². The van der Waals surface area contributed by atoms with E-state index < -0.39 is 0 Å². The Bertz CT molecular complexity index is 509. The summed E-state index contributed by atoms with van der Waals surface area (Å²) in [5.74, 6) is 0. The van der Waals surface area contributed by atoms with Gasteiger partial charge in [0.15, 0.2) is 12.8 Å². The molecule has 3 heteroatoms. The van der Waals surface area contributed by atoms with Crippen LogP contribution in [0, 0.1) is 5.21 Å². The van der Waals surface area contributed by atoms with Crippen LogP contribution in [0.5, 0.6) is 0 Å². The summed E-state index contributed by atoms with van der Waals surface area (Å²) in [6, 6.07) is 19.6. The third-order valence-electron chi connectivity index (χ3n) is 2.69. The molecule has 19 heavy (non-hydrogen) atoms. The van der Waals surface area contributed by atoms with E-state index in [-0.39, 0.29) is 0 Å². The number of benzene rings is 2. The molecule has 2 aromatic carbocycles. The molecular formula is C16H17NO2. The van der Waals surface area contributed by atoms with Crippen LogP contribution >= 0.6 is 0 Å². The van der Waals surface area contributed by atoms with Crippen molar-refractivity contribution in [3.63, 3.8) is 0 Å². The Morgan fingerprint density at radius 1 is 0.895 bits per heavy atom. The molecule has 0 atom stereocenters. The first-order valence-electron chi connectivity index (χ1n) is 6.27. The number of ether oxygens (including phenoxy) is 1. The van der Waals surface area contributed by atoms with Gasteiger partial charge < -0.3 is 9.94 Å². The highest BCUT2D eigenvalue weighted by atomic mass is 16.5. The first kappa shape index (κ1) is 13.3. The van der Waals surface area contributed by atoms with Crippen molar-refractivity contribution in [1.29, 1.82) is 0 Å². The second kappa shape index (κ2) is 7.34. The van der Waals surface area contributed by atoms with Gasteiger partial charge in [0.05, 0.1) is 6.61 Å². The van der Waals surface area contributed by atoms with Gasteiger partial charge in [0, 0.05) is 5.56 Å². The Kier molecular flexibility index (Phi) is 5.14. The summed E-state index contributed by atoms with van der Waals surface area (Å²) in [7, 11) is 0. The molecule has 0 heterocycles. The zero-order chi connectivity index (χ0) is 13.3. The smallest absolute Gasteiger partial charge is 0.178 e. The zero-order valence-electron chi connectivity index (χ0n) is 10.7. The number of hydroxylamine groups is 1. The van der Waals surface area contributed by atoms with Crippen LogP contribution in [0.15, 0.2) is 60.7 Å². The fraction of sp³-hybridized carbons (Fsp3) is 0.188. The van der Waals surface area contributed by atoms with E-state index in [2.05, 4.69) is 0 Å². The van der Waals surface area contributed by atoms with Crippen LogP contribution in [-0.4, -0.2) is 17.6 Å². The molecule has 2 aromatic rings. The lowest BCUT2D eigenvalue weighted by Gasteiger charge is -2.05. The molecule has 0 saturated heterocycles. The van der Waals surface area contributed by atoms with Crippen LogP contribution in [0.25, 0.3) is 0 Å². The lowest BCUT2D eigenvalue weighted by atomic mass is 10.2. The molecule has 0 N–H and O–H groups in total. The second-order valence-corrected chi connectivity index (χ2v) is 4.24. The van der Waals surface area contributed by atoms with Gasteiger partial charge in [0.1, 0.15) is 6.61 Å². The van der Waals surface area contributed by atoms with E-state index in [0.29, 0.717) is 19.8 Å². The minimum absolute atomic E-state index is 0.325. The van der Waals surface area contributed by atoms with Crippen molar-refractivity contribution in [2.24, 2.45) is 0 Å². The maximum absolute atomic E-state index is 11.6. The summed E-state index contributed by atoms with van der Waals surface area (Å²) in [5.41, 5.74) is 2.10. The average molecular weight is 255 g/mol. The van der Waals surface area contributed by atoms with Crippen LogP contribution in [0.1, 0.15) is 11.1 Å². The fourth-order valence-electron chi connectivity index (χ4n) is 1.71.